The van der Waals surface area contributed by atoms with Crippen molar-refractivity contribution in [2.24, 2.45) is 0 Å². The van der Waals surface area contributed by atoms with Crippen LogP contribution in [-0.4, -0.2) is 22.7 Å². The molecule has 3 aromatic carbocycles. The largest absolute Gasteiger partial charge is 0.485 e. The van der Waals surface area contributed by atoms with Crippen molar-refractivity contribution in [3.05, 3.63) is 125 Å². The highest BCUT2D eigenvalue weighted by atomic mass is 16.5. The molecular formula is C28H25NO3. The van der Waals surface area contributed by atoms with Crippen LogP contribution in [0.25, 0.3) is 0 Å². The molecule has 0 bridgehead atoms. The van der Waals surface area contributed by atoms with E-state index >= 15 is 0 Å². The fraction of sp³-hybridized carbons (Fsp3) is 0.143. The number of ether oxygens (including phenoxy) is 1. The molecule has 4 heteroatoms. The highest BCUT2D eigenvalue weighted by molar-refractivity contribution is 6.09. The van der Waals surface area contributed by atoms with Gasteiger partial charge in [0.2, 0.25) is 5.78 Å². The van der Waals surface area contributed by atoms with Gasteiger partial charge in [-0.1, -0.05) is 60.7 Å². The molecule has 0 atom stereocenters. The predicted octanol–water partition coefficient (Wildman–Crippen LogP) is 5.65. The van der Waals surface area contributed by atoms with Gasteiger partial charge < -0.3 is 9.30 Å². The second kappa shape index (κ2) is 9.48. The average molecular weight is 424 g/mol. The molecule has 0 saturated heterocycles. The lowest BCUT2D eigenvalue weighted by Gasteiger charge is -2.10. The Morgan fingerprint density at radius 3 is 2.03 bits per heavy atom. The Morgan fingerprint density at radius 2 is 1.38 bits per heavy atom. The summed E-state index contributed by atoms with van der Waals surface area (Å²) in [6.45, 7) is 4.65. The van der Waals surface area contributed by atoms with Crippen molar-refractivity contribution in [1.82, 2.24) is 4.57 Å². The van der Waals surface area contributed by atoms with Gasteiger partial charge in [-0.25, -0.2) is 0 Å². The zero-order valence-electron chi connectivity index (χ0n) is 18.2. The zero-order chi connectivity index (χ0) is 22.5. The van der Waals surface area contributed by atoms with Crippen molar-refractivity contribution in [2.45, 2.75) is 20.4 Å². The first-order valence-corrected chi connectivity index (χ1v) is 10.6. The van der Waals surface area contributed by atoms with Crippen LogP contribution in [0.4, 0.5) is 0 Å². The van der Waals surface area contributed by atoms with Gasteiger partial charge in [-0.2, -0.15) is 0 Å². The first-order valence-electron chi connectivity index (χ1n) is 10.6. The van der Waals surface area contributed by atoms with E-state index in [0.717, 1.165) is 17.9 Å². The maximum absolute atomic E-state index is 12.8. The van der Waals surface area contributed by atoms with Gasteiger partial charge in [-0.15, -0.1) is 0 Å². The van der Waals surface area contributed by atoms with E-state index in [1.54, 1.807) is 36.4 Å². The number of Topliss-reactive ketones (excluding diaryl/α,β-unsaturated/α-hetero) is 1. The number of hydrogen-bond acceptors (Lipinski definition) is 3. The van der Waals surface area contributed by atoms with E-state index in [1.165, 1.54) is 5.56 Å². The van der Waals surface area contributed by atoms with Crippen molar-refractivity contribution in [3.63, 3.8) is 0 Å². The molecule has 0 aliphatic rings. The second-order valence-corrected chi connectivity index (χ2v) is 7.79. The smallest absolute Gasteiger partial charge is 0.202 e. The van der Waals surface area contributed by atoms with Gasteiger partial charge in [0.1, 0.15) is 5.75 Å². The fourth-order valence-corrected chi connectivity index (χ4v) is 3.78. The molecule has 0 aliphatic heterocycles. The van der Waals surface area contributed by atoms with Crippen LogP contribution >= 0.6 is 0 Å². The molecule has 0 spiro atoms. The molecule has 0 N–H and O–H groups in total. The Labute approximate surface area is 188 Å². The molecule has 4 rings (SSSR count). The quantitative estimate of drug-likeness (QED) is 0.344. The molecule has 1 heterocycles. The minimum absolute atomic E-state index is 0.0425. The number of benzene rings is 3. The standard InChI is InChI=1S/C28H25NO3/c1-20-17-26(21(2)29(20)18-22-9-5-3-6-10-22)27(30)19-32-25-15-13-24(14-16-25)28(31)23-11-7-4-8-12-23/h3-17H,18-19H2,1-2H3. The number of aryl methyl sites for hydroxylation is 1. The molecule has 0 aliphatic carbocycles. The number of ketones is 2. The summed E-state index contributed by atoms with van der Waals surface area (Å²) in [4.78, 5) is 25.3. The third kappa shape index (κ3) is 4.70. The predicted molar refractivity (Wildman–Crippen MR) is 126 cm³/mol. The van der Waals surface area contributed by atoms with Crippen LogP contribution in [0.5, 0.6) is 5.75 Å². The first-order chi connectivity index (χ1) is 15.5. The van der Waals surface area contributed by atoms with Crippen LogP contribution < -0.4 is 4.74 Å². The average Bonchev–Trinajstić information content (AvgIpc) is 3.12. The third-order valence-corrected chi connectivity index (χ3v) is 5.58. The van der Waals surface area contributed by atoms with Crippen LogP contribution in [0.15, 0.2) is 91.0 Å². The highest BCUT2D eigenvalue weighted by Gasteiger charge is 2.17. The summed E-state index contributed by atoms with van der Waals surface area (Å²) in [7, 11) is 0. The molecule has 0 radical (unpaired) electrons. The van der Waals surface area contributed by atoms with Gasteiger partial charge in [0.25, 0.3) is 0 Å². The Bertz CT molecular complexity index is 1220. The Morgan fingerprint density at radius 1 is 0.781 bits per heavy atom. The molecule has 160 valence electrons. The minimum Gasteiger partial charge on any atom is -0.485 e. The van der Waals surface area contributed by atoms with Crippen LogP contribution in [0, 0.1) is 13.8 Å². The van der Waals surface area contributed by atoms with Gasteiger partial charge >= 0.3 is 0 Å². The van der Waals surface area contributed by atoms with Crippen molar-refractivity contribution in [3.8, 4) is 5.75 Å². The van der Waals surface area contributed by atoms with Gasteiger partial charge in [-0.05, 0) is 49.7 Å². The van der Waals surface area contributed by atoms with Crippen LogP contribution in [-0.2, 0) is 6.54 Å². The number of aromatic nitrogens is 1. The molecule has 1 aromatic heterocycles. The van der Waals surface area contributed by atoms with Gasteiger partial charge in [0.05, 0.1) is 0 Å². The van der Waals surface area contributed by atoms with Gasteiger partial charge in [0.15, 0.2) is 12.4 Å². The summed E-state index contributed by atoms with van der Waals surface area (Å²) < 4.78 is 7.86. The van der Waals surface area contributed by atoms with Crippen LogP contribution in [0.3, 0.4) is 0 Å². The van der Waals surface area contributed by atoms with E-state index < -0.39 is 0 Å². The number of carbonyl (C=O) groups is 2. The topological polar surface area (TPSA) is 48.3 Å². The van der Waals surface area contributed by atoms with Gasteiger partial charge in [-0.3, -0.25) is 9.59 Å². The molecule has 32 heavy (non-hydrogen) atoms. The molecule has 4 aromatic rings. The summed E-state index contributed by atoms with van der Waals surface area (Å²) in [5, 5.41) is 0. The minimum atomic E-state index is -0.0677. The normalized spacial score (nSPS) is 10.7. The van der Waals surface area contributed by atoms with Gasteiger partial charge in [0, 0.05) is 34.6 Å². The van der Waals surface area contributed by atoms with Crippen molar-refractivity contribution in [1.29, 1.82) is 0 Å². The number of carbonyl (C=O) groups excluding carboxylic acids is 2. The summed E-state index contributed by atoms with van der Waals surface area (Å²) in [6, 6.07) is 28.1. The summed E-state index contributed by atoms with van der Waals surface area (Å²) in [5.41, 5.74) is 5.06. The zero-order valence-corrected chi connectivity index (χ0v) is 18.2. The Balaban J connectivity index is 1.41. The Kier molecular flexibility index (Phi) is 6.31. The third-order valence-electron chi connectivity index (χ3n) is 5.58. The highest BCUT2D eigenvalue weighted by Crippen LogP contribution is 2.20. The second-order valence-electron chi connectivity index (χ2n) is 7.79. The maximum Gasteiger partial charge on any atom is 0.202 e. The van der Waals surface area contributed by atoms with E-state index in [1.807, 2.05) is 56.3 Å². The molecule has 0 unspecified atom stereocenters. The van der Waals surface area contributed by atoms with Crippen molar-refractivity contribution in [2.75, 3.05) is 6.61 Å². The lowest BCUT2D eigenvalue weighted by Crippen LogP contribution is -2.13. The molecular weight excluding hydrogens is 398 g/mol. The summed E-state index contributed by atoms with van der Waals surface area (Å²) in [6.07, 6.45) is 0. The monoisotopic (exact) mass is 423 g/mol. The lowest BCUT2D eigenvalue weighted by atomic mass is 10.0. The van der Waals surface area contributed by atoms with Crippen molar-refractivity contribution >= 4 is 11.6 Å². The lowest BCUT2D eigenvalue weighted by molar-refractivity contribution is 0.0920. The van der Waals surface area contributed by atoms with E-state index in [9.17, 15) is 9.59 Å². The van der Waals surface area contributed by atoms with Crippen molar-refractivity contribution < 1.29 is 14.3 Å². The molecule has 0 fully saturated rings. The summed E-state index contributed by atoms with van der Waals surface area (Å²) >= 11 is 0. The maximum atomic E-state index is 12.8. The van der Waals surface area contributed by atoms with E-state index in [0.29, 0.717) is 22.4 Å². The molecule has 4 nitrogen and oxygen atoms in total. The fourth-order valence-electron chi connectivity index (χ4n) is 3.78. The SMILES string of the molecule is Cc1cc(C(=O)COc2ccc(C(=O)c3ccccc3)cc2)c(C)n1Cc1ccccc1. The first kappa shape index (κ1) is 21.3. The molecule has 0 amide bonds. The number of nitrogens with zero attached hydrogens (tertiary/aromatic N) is 1. The van der Waals surface area contributed by atoms with Crippen LogP contribution in [0.2, 0.25) is 0 Å². The van der Waals surface area contributed by atoms with E-state index in [4.69, 9.17) is 4.74 Å². The Hall–Kier alpha value is -3.92. The van der Waals surface area contributed by atoms with Crippen LogP contribution in [0.1, 0.15) is 43.2 Å². The molecule has 0 saturated carbocycles. The summed E-state index contributed by atoms with van der Waals surface area (Å²) in [5.74, 6) is 0.446. The number of hydrogen-bond donors (Lipinski definition) is 0. The number of rotatable bonds is 8. The van der Waals surface area contributed by atoms with E-state index in [2.05, 4.69) is 16.7 Å². The van der Waals surface area contributed by atoms with E-state index in [-0.39, 0.29) is 18.2 Å².